The lowest BCUT2D eigenvalue weighted by Crippen LogP contribution is -2.47. The molecule has 4 rings (SSSR count). The molecule has 1 aromatic heterocycles. The van der Waals surface area contributed by atoms with Gasteiger partial charge in [-0.1, -0.05) is 24.3 Å². The second kappa shape index (κ2) is 10.0. The van der Waals surface area contributed by atoms with Gasteiger partial charge in [-0.3, -0.25) is 14.6 Å². The van der Waals surface area contributed by atoms with Crippen LogP contribution in [0.2, 0.25) is 0 Å². The number of amides is 1. The summed E-state index contributed by atoms with van der Waals surface area (Å²) in [6.45, 7) is 7.00. The minimum atomic E-state index is -0.664. The van der Waals surface area contributed by atoms with Gasteiger partial charge in [-0.05, 0) is 68.5 Å². The number of aromatic nitrogens is 1. The van der Waals surface area contributed by atoms with Gasteiger partial charge in [0.1, 0.15) is 5.75 Å². The molecule has 0 radical (unpaired) electrons. The highest BCUT2D eigenvalue weighted by molar-refractivity contribution is 5.95. The molecule has 2 heterocycles. The van der Waals surface area contributed by atoms with Crippen molar-refractivity contribution in [1.29, 1.82) is 0 Å². The monoisotopic (exact) mass is 446 g/mol. The number of rotatable bonds is 6. The Morgan fingerprint density at radius 3 is 2.76 bits per heavy atom. The van der Waals surface area contributed by atoms with Crippen LogP contribution < -0.4 is 4.74 Å². The van der Waals surface area contributed by atoms with Crippen molar-refractivity contribution in [3.05, 3.63) is 60.3 Å². The zero-order valence-electron chi connectivity index (χ0n) is 19.4. The molecule has 0 aliphatic carbocycles. The molecule has 0 saturated carbocycles. The van der Waals surface area contributed by atoms with Gasteiger partial charge >= 0.3 is 5.97 Å². The normalized spacial score (nSPS) is 16.9. The van der Waals surface area contributed by atoms with E-state index >= 15 is 0 Å². The van der Waals surface area contributed by atoms with Crippen LogP contribution in [-0.2, 0) is 14.3 Å². The molecule has 1 saturated heterocycles. The Hall–Kier alpha value is -3.41. The first-order valence-corrected chi connectivity index (χ1v) is 11.5. The first-order valence-electron chi connectivity index (χ1n) is 11.5. The molecule has 1 fully saturated rings. The number of carbonyl (C=O) groups is 2. The smallest absolute Gasteiger partial charge is 0.310 e. The van der Waals surface area contributed by atoms with Gasteiger partial charge < -0.3 is 14.4 Å². The summed E-state index contributed by atoms with van der Waals surface area (Å²) in [5, 5.41) is 1.03. The van der Waals surface area contributed by atoms with E-state index < -0.39 is 6.10 Å². The summed E-state index contributed by atoms with van der Waals surface area (Å²) in [7, 11) is 0. The van der Waals surface area contributed by atoms with Gasteiger partial charge in [0.2, 0.25) is 0 Å². The Morgan fingerprint density at radius 1 is 1.15 bits per heavy atom. The number of fused-ring (bicyclic) bond motifs is 1. The molecule has 3 aromatic rings. The molecule has 1 aliphatic heterocycles. The largest absolute Gasteiger partial charge is 0.481 e. The molecule has 0 N–H and O–H groups in total. The van der Waals surface area contributed by atoms with E-state index in [4.69, 9.17) is 9.47 Å². The van der Waals surface area contributed by atoms with Crippen molar-refractivity contribution in [2.45, 2.75) is 39.7 Å². The van der Waals surface area contributed by atoms with Crippen LogP contribution >= 0.6 is 0 Å². The summed E-state index contributed by atoms with van der Waals surface area (Å²) in [4.78, 5) is 31.3. The zero-order chi connectivity index (χ0) is 23.4. The van der Waals surface area contributed by atoms with Crippen LogP contribution in [0.25, 0.3) is 22.0 Å². The van der Waals surface area contributed by atoms with E-state index in [1.54, 1.807) is 24.9 Å². The molecular weight excluding hydrogens is 416 g/mol. The van der Waals surface area contributed by atoms with Crippen LogP contribution in [0.15, 0.2) is 54.7 Å². The maximum atomic E-state index is 13.0. The van der Waals surface area contributed by atoms with Crippen molar-refractivity contribution in [2.75, 3.05) is 19.7 Å². The molecule has 1 aliphatic rings. The van der Waals surface area contributed by atoms with E-state index in [0.717, 1.165) is 29.3 Å². The number of hydrogen-bond donors (Lipinski definition) is 0. The minimum Gasteiger partial charge on any atom is -0.481 e. The lowest BCUT2D eigenvalue weighted by Gasteiger charge is -2.33. The highest BCUT2D eigenvalue weighted by atomic mass is 16.5. The Bertz CT molecular complexity index is 1160. The highest BCUT2D eigenvalue weighted by Gasteiger charge is 2.31. The predicted molar refractivity (Wildman–Crippen MR) is 128 cm³/mol. The zero-order valence-corrected chi connectivity index (χ0v) is 19.4. The number of carbonyl (C=O) groups excluding carboxylic acids is 2. The van der Waals surface area contributed by atoms with Gasteiger partial charge in [-0.2, -0.15) is 0 Å². The lowest BCUT2D eigenvalue weighted by molar-refractivity contribution is -0.152. The van der Waals surface area contributed by atoms with E-state index in [-0.39, 0.29) is 17.8 Å². The molecule has 6 nitrogen and oxygen atoms in total. The number of ether oxygens (including phenoxy) is 2. The van der Waals surface area contributed by atoms with Crippen molar-refractivity contribution in [3.63, 3.8) is 0 Å². The quantitative estimate of drug-likeness (QED) is 0.510. The van der Waals surface area contributed by atoms with Gasteiger partial charge in [-0.15, -0.1) is 0 Å². The molecule has 1 amide bonds. The number of pyridine rings is 1. The number of benzene rings is 2. The van der Waals surface area contributed by atoms with Crippen molar-refractivity contribution < 1.29 is 19.1 Å². The molecule has 0 spiro atoms. The summed E-state index contributed by atoms with van der Waals surface area (Å²) in [6.07, 6.45) is 2.66. The number of piperidine rings is 1. The summed E-state index contributed by atoms with van der Waals surface area (Å²) >= 11 is 0. The third-order valence-corrected chi connectivity index (χ3v) is 6.16. The topological polar surface area (TPSA) is 68.7 Å². The van der Waals surface area contributed by atoms with Crippen LogP contribution in [0, 0.1) is 12.8 Å². The van der Waals surface area contributed by atoms with Crippen LogP contribution in [0.5, 0.6) is 5.75 Å². The van der Waals surface area contributed by atoms with E-state index in [0.29, 0.717) is 25.4 Å². The summed E-state index contributed by atoms with van der Waals surface area (Å²) < 4.78 is 11.1. The molecule has 0 bridgehead atoms. The molecule has 33 heavy (non-hydrogen) atoms. The van der Waals surface area contributed by atoms with E-state index in [1.807, 2.05) is 36.4 Å². The molecule has 172 valence electrons. The van der Waals surface area contributed by atoms with Gasteiger partial charge in [0, 0.05) is 30.7 Å². The summed E-state index contributed by atoms with van der Waals surface area (Å²) in [6, 6.07) is 16.0. The second-order valence-corrected chi connectivity index (χ2v) is 8.49. The Labute approximate surface area is 194 Å². The van der Waals surface area contributed by atoms with Crippen molar-refractivity contribution in [1.82, 2.24) is 9.88 Å². The number of esters is 1. The van der Waals surface area contributed by atoms with Gasteiger partial charge in [0.25, 0.3) is 5.91 Å². The molecule has 6 heteroatoms. The SMILES string of the molecule is CCOC(=O)[C@H]1CCCN(C(=O)C(C)Oc2ccc3c(-c4ccccc4C)ccnc3c2)C1. The average molecular weight is 447 g/mol. The summed E-state index contributed by atoms with van der Waals surface area (Å²) in [5.41, 5.74) is 4.30. The van der Waals surface area contributed by atoms with E-state index in [9.17, 15) is 9.59 Å². The molecule has 1 unspecified atom stereocenters. The Kier molecular flexibility index (Phi) is 6.92. The first-order chi connectivity index (χ1) is 16.0. The maximum absolute atomic E-state index is 13.0. The fourth-order valence-electron chi connectivity index (χ4n) is 4.45. The predicted octanol–water partition coefficient (Wildman–Crippen LogP) is 4.78. The van der Waals surface area contributed by atoms with E-state index in [1.165, 1.54) is 11.1 Å². The van der Waals surface area contributed by atoms with Crippen LogP contribution in [0.4, 0.5) is 0 Å². The average Bonchev–Trinajstić information content (AvgIpc) is 2.83. The van der Waals surface area contributed by atoms with Crippen LogP contribution in [0.1, 0.15) is 32.3 Å². The number of hydrogen-bond acceptors (Lipinski definition) is 5. The van der Waals surface area contributed by atoms with Gasteiger partial charge in [0.05, 0.1) is 18.0 Å². The van der Waals surface area contributed by atoms with Crippen LogP contribution in [-0.4, -0.2) is 47.6 Å². The number of aryl methyl sites for hydroxylation is 1. The Balaban J connectivity index is 1.49. The third-order valence-electron chi connectivity index (χ3n) is 6.16. The van der Waals surface area contributed by atoms with Crippen molar-refractivity contribution >= 4 is 22.8 Å². The maximum Gasteiger partial charge on any atom is 0.310 e. The summed E-state index contributed by atoms with van der Waals surface area (Å²) in [5.74, 6) is -0.0179. The Morgan fingerprint density at radius 2 is 1.97 bits per heavy atom. The third kappa shape index (κ3) is 5.00. The first kappa shape index (κ1) is 22.8. The number of nitrogens with zero attached hydrogens (tertiary/aromatic N) is 2. The second-order valence-electron chi connectivity index (χ2n) is 8.49. The minimum absolute atomic E-state index is 0.120. The molecule has 2 atom stereocenters. The fraction of sp³-hybridized carbons (Fsp3) is 0.370. The number of likely N-dealkylation sites (tertiary alicyclic amines) is 1. The van der Waals surface area contributed by atoms with E-state index in [2.05, 4.69) is 24.0 Å². The standard InChI is InChI=1S/C27H30N2O4/c1-4-32-27(31)20-9-7-15-29(17-20)26(30)19(3)33-21-11-12-24-23(13-14-28-25(24)16-21)22-10-6-5-8-18(22)2/h5-6,8,10-14,16,19-20H,4,7,9,15,17H2,1-3H3/t19?,20-/m0/s1. The highest BCUT2D eigenvalue weighted by Crippen LogP contribution is 2.32. The van der Waals surface area contributed by atoms with Crippen LogP contribution in [0.3, 0.4) is 0 Å². The molecule has 2 aromatic carbocycles. The lowest BCUT2D eigenvalue weighted by atomic mass is 9.97. The molecular formula is C27H30N2O4. The van der Waals surface area contributed by atoms with Gasteiger partial charge in [-0.25, -0.2) is 0 Å². The fourth-order valence-corrected chi connectivity index (χ4v) is 4.45. The van der Waals surface area contributed by atoms with Crippen molar-refractivity contribution in [2.24, 2.45) is 5.92 Å². The van der Waals surface area contributed by atoms with Crippen molar-refractivity contribution in [3.8, 4) is 16.9 Å². The van der Waals surface area contributed by atoms with Gasteiger partial charge in [0.15, 0.2) is 6.10 Å².